The number of aromatic nitrogens is 4. The van der Waals surface area contributed by atoms with Gasteiger partial charge in [0.1, 0.15) is 11.6 Å². The van der Waals surface area contributed by atoms with Gasteiger partial charge in [0.2, 0.25) is 5.95 Å². The number of halogens is 1. The van der Waals surface area contributed by atoms with Gasteiger partial charge in [0.15, 0.2) is 0 Å². The maximum Gasteiger partial charge on any atom is 0.229 e. The number of aryl methyl sites for hydroxylation is 1. The molecule has 0 amide bonds. The minimum atomic E-state index is -0.457. The van der Waals surface area contributed by atoms with E-state index in [-0.39, 0.29) is 0 Å². The fourth-order valence-corrected chi connectivity index (χ4v) is 8.52. The van der Waals surface area contributed by atoms with Crippen molar-refractivity contribution in [3.63, 3.8) is 0 Å². The minimum absolute atomic E-state index is 0.457. The van der Waals surface area contributed by atoms with E-state index in [1.807, 2.05) is 6.07 Å². The van der Waals surface area contributed by atoms with Gasteiger partial charge < -0.3 is 25.2 Å². The lowest BCUT2D eigenvalue weighted by molar-refractivity contribution is 0.0982. The van der Waals surface area contributed by atoms with Crippen LogP contribution in [0.2, 0.25) is 0 Å². The average molecular weight is 691 g/mol. The number of piperazine rings is 1. The summed E-state index contributed by atoms with van der Waals surface area (Å²) in [6.07, 6.45) is 8.61. The molecule has 2 aromatic heterocycles. The van der Waals surface area contributed by atoms with Crippen LogP contribution in [0.25, 0.3) is 11.0 Å². The second-order valence-electron chi connectivity index (χ2n) is 12.5. The molecule has 0 aliphatic carbocycles. The van der Waals surface area contributed by atoms with Crippen LogP contribution in [-0.2, 0) is 6.42 Å². The van der Waals surface area contributed by atoms with E-state index in [9.17, 15) is 0 Å². The van der Waals surface area contributed by atoms with E-state index in [2.05, 4.69) is 95.6 Å². The summed E-state index contributed by atoms with van der Waals surface area (Å²) in [5, 5.41) is 8.21. The maximum absolute atomic E-state index is 6.25. The van der Waals surface area contributed by atoms with E-state index in [1.165, 1.54) is 61.1 Å². The first-order chi connectivity index (χ1) is 21.9. The first-order valence-corrected chi connectivity index (χ1v) is 18.8. The molecule has 0 atom stereocenters. The smallest absolute Gasteiger partial charge is 0.229 e. The molecule has 7 rings (SSSR count). The zero-order chi connectivity index (χ0) is 31.1. The molecule has 5 heterocycles. The molecular formula is C33H41BrN9OP. The SMILES string of the molecule is Cc1cc(Nc2ncc(Br)c(Nc3ccc4nccnc4c3P(C)C)n2)c2c(c1N1CCC(N3CCN(C)CC3)CC1)CCO2. The third-order valence-electron chi connectivity index (χ3n) is 9.28. The molecule has 0 bridgehead atoms. The quantitative estimate of drug-likeness (QED) is 0.243. The van der Waals surface area contributed by atoms with Crippen molar-refractivity contribution in [2.45, 2.75) is 32.2 Å². The normalized spacial score (nSPS) is 18.0. The summed E-state index contributed by atoms with van der Waals surface area (Å²) in [4.78, 5) is 26.4. The van der Waals surface area contributed by atoms with E-state index in [0.717, 1.165) is 52.1 Å². The highest BCUT2D eigenvalue weighted by atomic mass is 79.9. The molecule has 2 fully saturated rings. The van der Waals surface area contributed by atoms with Crippen LogP contribution in [0.1, 0.15) is 24.0 Å². The Morgan fingerprint density at radius 2 is 1.73 bits per heavy atom. The number of piperidine rings is 1. The van der Waals surface area contributed by atoms with Gasteiger partial charge >= 0.3 is 0 Å². The second kappa shape index (κ2) is 12.9. The van der Waals surface area contributed by atoms with Gasteiger partial charge in [-0.2, -0.15) is 4.98 Å². The Hall–Kier alpha value is -3.11. The molecule has 2 N–H and O–H groups in total. The van der Waals surface area contributed by atoms with Crippen LogP contribution in [0.15, 0.2) is 41.3 Å². The van der Waals surface area contributed by atoms with Gasteiger partial charge in [0.05, 0.1) is 27.8 Å². The van der Waals surface area contributed by atoms with Gasteiger partial charge in [-0.15, -0.1) is 0 Å². The van der Waals surface area contributed by atoms with Crippen LogP contribution in [0.5, 0.6) is 5.75 Å². The molecule has 3 aliphatic rings. The van der Waals surface area contributed by atoms with E-state index >= 15 is 0 Å². The molecule has 12 heteroatoms. The Bertz CT molecular complexity index is 1700. The molecule has 10 nitrogen and oxygen atoms in total. The van der Waals surface area contributed by atoms with Gasteiger partial charge in [-0.05, 0) is 79.8 Å². The van der Waals surface area contributed by atoms with Crippen molar-refractivity contribution in [1.82, 2.24) is 29.7 Å². The number of hydrogen-bond donors (Lipinski definition) is 2. The first kappa shape index (κ1) is 30.5. The van der Waals surface area contributed by atoms with Crippen molar-refractivity contribution < 1.29 is 4.74 Å². The van der Waals surface area contributed by atoms with E-state index in [4.69, 9.17) is 9.72 Å². The topological polar surface area (TPSA) is 94.6 Å². The van der Waals surface area contributed by atoms with Gasteiger partial charge in [-0.1, -0.05) is 7.92 Å². The second-order valence-corrected chi connectivity index (χ2v) is 15.6. The van der Waals surface area contributed by atoms with Crippen LogP contribution in [0, 0.1) is 6.92 Å². The standard InChI is InChI=1S/C33H41BrN9OP/c1-21-19-27(30-23(9-18-44-30)29(21)43-12-7-22(8-13-43)42-16-14-41(2)15-17-42)39-33-37-20-24(34)32(40-33)38-26-6-5-25-28(31(26)45(3)4)36-11-10-35-25/h5-6,10-11,19-20,22H,7-9,12-18H2,1-4H3,(H2,37,38,39,40). The number of benzene rings is 2. The van der Waals surface area contributed by atoms with Crippen molar-refractivity contribution >= 4 is 69.0 Å². The third-order valence-corrected chi connectivity index (χ3v) is 11.2. The van der Waals surface area contributed by atoms with Crippen LogP contribution < -0.4 is 25.6 Å². The van der Waals surface area contributed by atoms with E-state index in [0.29, 0.717) is 24.4 Å². The zero-order valence-corrected chi connectivity index (χ0v) is 29.0. The van der Waals surface area contributed by atoms with Crippen molar-refractivity contribution in [3.05, 3.63) is 52.4 Å². The number of hydrogen-bond acceptors (Lipinski definition) is 10. The van der Waals surface area contributed by atoms with E-state index in [1.54, 1.807) is 18.6 Å². The predicted molar refractivity (Wildman–Crippen MR) is 189 cm³/mol. The molecule has 0 unspecified atom stereocenters. The number of rotatable bonds is 7. The van der Waals surface area contributed by atoms with Crippen LogP contribution in [-0.4, -0.2) is 102 Å². The summed E-state index contributed by atoms with van der Waals surface area (Å²) in [5.41, 5.74) is 7.62. The van der Waals surface area contributed by atoms with Crippen LogP contribution in [0.4, 0.5) is 28.8 Å². The number of likely N-dealkylation sites (N-methyl/N-ethyl adjacent to an activating group) is 1. The fraction of sp³-hybridized carbons (Fsp3) is 0.455. The summed E-state index contributed by atoms with van der Waals surface area (Å²) in [5.74, 6) is 2.12. The summed E-state index contributed by atoms with van der Waals surface area (Å²) >= 11 is 3.66. The van der Waals surface area contributed by atoms with Gasteiger partial charge in [-0.3, -0.25) is 14.9 Å². The Morgan fingerprint density at radius 3 is 2.51 bits per heavy atom. The summed E-state index contributed by atoms with van der Waals surface area (Å²) in [6.45, 7) is 14.3. The minimum Gasteiger partial charge on any atom is -0.491 e. The highest BCUT2D eigenvalue weighted by Gasteiger charge is 2.31. The highest BCUT2D eigenvalue weighted by molar-refractivity contribution is 9.10. The number of anilines is 5. The Kier molecular flexibility index (Phi) is 8.79. The first-order valence-electron chi connectivity index (χ1n) is 15.8. The molecule has 0 radical (unpaired) electrons. The van der Waals surface area contributed by atoms with Crippen LogP contribution in [0.3, 0.4) is 0 Å². The molecule has 0 spiro atoms. The lowest BCUT2D eigenvalue weighted by Crippen LogP contribution is -2.52. The van der Waals surface area contributed by atoms with Crippen molar-refractivity contribution in [2.24, 2.45) is 0 Å². The van der Waals surface area contributed by atoms with E-state index < -0.39 is 7.92 Å². The zero-order valence-electron chi connectivity index (χ0n) is 26.5. The molecule has 3 aliphatic heterocycles. The van der Waals surface area contributed by atoms with Crippen molar-refractivity contribution in [1.29, 1.82) is 0 Å². The molecule has 45 heavy (non-hydrogen) atoms. The van der Waals surface area contributed by atoms with Crippen molar-refractivity contribution in [3.8, 4) is 5.75 Å². The Labute approximate surface area is 274 Å². The molecular weight excluding hydrogens is 649 g/mol. The lowest BCUT2D eigenvalue weighted by Gasteiger charge is -2.43. The number of fused-ring (bicyclic) bond motifs is 2. The number of ether oxygens (including phenoxy) is 1. The van der Waals surface area contributed by atoms with Crippen LogP contribution >= 0.6 is 23.9 Å². The maximum atomic E-state index is 6.25. The third kappa shape index (κ3) is 6.20. The number of nitrogens with zero attached hydrogens (tertiary/aromatic N) is 7. The fourth-order valence-electron chi connectivity index (χ4n) is 7.02. The molecule has 2 aromatic carbocycles. The monoisotopic (exact) mass is 689 g/mol. The van der Waals surface area contributed by atoms with Gasteiger partial charge in [-0.25, -0.2) is 4.98 Å². The molecule has 236 valence electrons. The molecule has 2 saturated heterocycles. The molecule has 0 saturated carbocycles. The predicted octanol–water partition coefficient (Wildman–Crippen LogP) is 5.50. The Morgan fingerprint density at radius 1 is 0.956 bits per heavy atom. The summed E-state index contributed by atoms with van der Waals surface area (Å²) in [7, 11) is 1.77. The Balaban J connectivity index is 1.11. The van der Waals surface area contributed by atoms with Crippen molar-refractivity contribution in [2.75, 3.05) is 81.8 Å². The number of nitrogens with one attached hydrogen (secondary N) is 2. The van der Waals surface area contributed by atoms with Gasteiger partial charge in [0.25, 0.3) is 0 Å². The summed E-state index contributed by atoms with van der Waals surface area (Å²) < 4.78 is 7.03. The lowest BCUT2D eigenvalue weighted by atomic mass is 9.97. The average Bonchev–Trinajstić information content (AvgIpc) is 3.53. The largest absolute Gasteiger partial charge is 0.491 e. The summed E-state index contributed by atoms with van der Waals surface area (Å²) in [6, 6.07) is 6.96. The molecule has 4 aromatic rings. The highest BCUT2D eigenvalue weighted by Crippen LogP contribution is 2.44. The van der Waals surface area contributed by atoms with Gasteiger partial charge in [0, 0.05) is 92.6 Å².